The van der Waals surface area contributed by atoms with Gasteiger partial charge in [-0.05, 0) is 28.8 Å². The summed E-state index contributed by atoms with van der Waals surface area (Å²) in [6.45, 7) is 0.0941. The minimum atomic E-state index is -3.78. The molecule has 2 N–H and O–H groups in total. The Hall–Kier alpha value is -1.58. The van der Waals surface area contributed by atoms with Gasteiger partial charge in [0.1, 0.15) is 4.90 Å². The quantitative estimate of drug-likeness (QED) is 0.592. The van der Waals surface area contributed by atoms with Crippen LogP contribution < -0.4 is 4.72 Å². The van der Waals surface area contributed by atoms with E-state index in [1.807, 2.05) is 0 Å². The number of hydrogen-bond donors (Lipinski definition) is 2. The van der Waals surface area contributed by atoms with Crippen LogP contribution >= 0.6 is 0 Å². The number of nitro groups is 1. The highest BCUT2D eigenvalue weighted by molar-refractivity contribution is 7.89. The normalized spacial score (nSPS) is 17.8. The highest BCUT2D eigenvalue weighted by Crippen LogP contribution is 2.37. The zero-order valence-corrected chi connectivity index (χ0v) is 12.2. The van der Waals surface area contributed by atoms with E-state index in [-0.39, 0.29) is 18.0 Å². The van der Waals surface area contributed by atoms with Gasteiger partial charge in [0.2, 0.25) is 10.0 Å². The molecule has 9 heteroatoms. The third-order valence-corrected chi connectivity index (χ3v) is 5.24. The Kier molecular flexibility index (Phi) is 4.55. The molecular formula is C12H17N3O5S. The molecule has 0 aliphatic heterocycles. The van der Waals surface area contributed by atoms with Crippen LogP contribution in [0.1, 0.15) is 25.7 Å². The van der Waals surface area contributed by atoms with E-state index in [0.29, 0.717) is 0 Å². The predicted molar refractivity (Wildman–Crippen MR) is 74.1 cm³/mol. The van der Waals surface area contributed by atoms with Gasteiger partial charge < -0.3 is 15.2 Å². The summed E-state index contributed by atoms with van der Waals surface area (Å²) >= 11 is 0. The van der Waals surface area contributed by atoms with E-state index in [0.717, 1.165) is 44.0 Å². The van der Waals surface area contributed by atoms with Crippen LogP contribution in [0.25, 0.3) is 0 Å². The molecule has 1 heterocycles. The molecule has 1 aliphatic carbocycles. The maximum absolute atomic E-state index is 12.1. The number of nitrogens with zero attached hydrogens (tertiary/aromatic N) is 2. The fraction of sp³-hybridized carbons (Fsp3) is 0.583. The van der Waals surface area contributed by atoms with Crippen molar-refractivity contribution >= 4 is 15.8 Å². The lowest BCUT2D eigenvalue weighted by molar-refractivity contribution is -0.389. The van der Waals surface area contributed by atoms with Crippen molar-refractivity contribution in [1.82, 2.24) is 9.71 Å². The smallest absolute Gasteiger partial charge is 0.363 e. The lowest BCUT2D eigenvalue weighted by Crippen LogP contribution is -2.38. The minimum absolute atomic E-state index is 0.0615. The molecule has 1 saturated carbocycles. The van der Waals surface area contributed by atoms with Gasteiger partial charge in [-0.15, -0.1) is 0 Å². The summed E-state index contributed by atoms with van der Waals surface area (Å²) in [7, 11) is -3.78. The van der Waals surface area contributed by atoms with Gasteiger partial charge >= 0.3 is 5.82 Å². The number of nitrogens with one attached hydrogen (secondary N) is 1. The number of aliphatic hydroxyl groups excluding tert-OH is 1. The zero-order chi connectivity index (χ0) is 15.5. The number of rotatable bonds is 6. The summed E-state index contributed by atoms with van der Waals surface area (Å²) in [4.78, 5) is 13.2. The molecule has 1 aliphatic rings. The van der Waals surface area contributed by atoms with Gasteiger partial charge in [0.25, 0.3) is 0 Å². The summed E-state index contributed by atoms with van der Waals surface area (Å²) < 4.78 is 26.7. The van der Waals surface area contributed by atoms with Crippen LogP contribution in [0.2, 0.25) is 0 Å². The summed E-state index contributed by atoms with van der Waals surface area (Å²) in [6, 6.07) is 2.19. The second-order valence-electron chi connectivity index (χ2n) is 5.30. The Labute approximate surface area is 122 Å². The van der Waals surface area contributed by atoms with Crippen molar-refractivity contribution in [3.63, 3.8) is 0 Å². The van der Waals surface area contributed by atoms with E-state index in [4.69, 9.17) is 0 Å². The van der Waals surface area contributed by atoms with Crippen LogP contribution in [0.5, 0.6) is 0 Å². The van der Waals surface area contributed by atoms with Gasteiger partial charge in [-0.1, -0.05) is 12.8 Å². The number of sulfonamides is 1. The molecule has 21 heavy (non-hydrogen) atoms. The van der Waals surface area contributed by atoms with E-state index in [2.05, 4.69) is 9.71 Å². The zero-order valence-electron chi connectivity index (χ0n) is 11.4. The highest BCUT2D eigenvalue weighted by Gasteiger charge is 2.34. The SMILES string of the molecule is O=[N+]([O-])c1ccc(S(=O)(=O)NCC2(CO)CCCC2)cn1. The fourth-order valence-corrected chi connectivity index (χ4v) is 3.59. The summed E-state index contributed by atoms with van der Waals surface area (Å²) in [5.74, 6) is -0.406. The number of aliphatic hydroxyl groups is 1. The standard InChI is InChI=1S/C12H17N3O5S/c16-9-12(5-1-2-6-12)8-14-21(19,20)10-3-4-11(13-7-10)15(17)18/h3-4,7,14,16H,1-2,5-6,8-9H2. The van der Waals surface area contributed by atoms with Crippen LogP contribution in [0.15, 0.2) is 23.2 Å². The summed E-state index contributed by atoms with van der Waals surface area (Å²) in [5.41, 5.74) is -0.402. The summed E-state index contributed by atoms with van der Waals surface area (Å²) in [6.07, 6.45) is 4.47. The largest absolute Gasteiger partial charge is 0.396 e. The van der Waals surface area contributed by atoms with Gasteiger partial charge in [0, 0.05) is 24.6 Å². The van der Waals surface area contributed by atoms with Crippen molar-refractivity contribution in [3.8, 4) is 0 Å². The first-order chi connectivity index (χ1) is 9.88. The van der Waals surface area contributed by atoms with Crippen molar-refractivity contribution in [3.05, 3.63) is 28.4 Å². The molecule has 2 rings (SSSR count). The predicted octanol–water partition coefficient (Wildman–Crippen LogP) is 0.821. The molecular weight excluding hydrogens is 298 g/mol. The average molecular weight is 315 g/mol. The molecule has 116 valence electrons. The van der Waals surface area contributed by atoms with Crippen molar-refractivity contribution in [1.29, 1.82) is 0 Å². The number of aromatic nitrogens is 1. The fourth-order valence-electron chi connectivity index (χ4n) is 2.49. The molecule has 1 aromatic heterocycles. The van der Waals surface area contributed by atoms with Gasteiger partial charge in [-0.3, -0.25) is 0 Å². The van der Waals surface area contributed by atoms with Crippen LogP contribution in [-0.2, 0) is 10.0 Å². The molecule has 1 fully saturated rings. The molecule has 0 atom stereocenters. The van der Waals surface area contributed by atoms with Crippen molar-refractivity contribution in [2.24, 2.45) is 5.41 Å². The van der Waals surface area contributed by atoms with E-state index >= 15 is 0 Å². The second-order valence-corrected chi connectivity index (χ2v) is 7.07. The maximum atomic E-state index is 12.1. The highest BCUT2D eigenvalue weighted by atomic mass is 32.2. The van der Waals surface area contributed by atoms with Crippen LogP contribution in [0.4, 0.5) is 5.82 Å². The third-order valence-electron chi connectivity index (χ3n) is 3.85. The Morgan fingerprint density at radius 1 is 1.38 bits per heavy atom. The average Bonchev–Trinajstić information content (AvgIpc) is 2.95. The Morgan fingerprint density at radius 2 is 2.05 bits per heavy atom. The Bertz CT molecular complexity index is 608. The van der Waals surface area contributed by atoms with Gasteiger partial charge in [0.15, 0.2) is 6.20 Å². The lowest BCUT2D eigenvalue weighted by atomic mass is 9.88. The van der Waals surface area contributed by atoms with Gasteiger partial charge in [-0.25, -0.2) is 13.1 Å². The van der Waals surface area contributed by atoms with Crippen molar-refractivity contribution in [2.45, 2.75) is 30.6 Å². The van der Waals surface area contributed by atoms with Crippen LogP contribution in [0.3, 0.4) is 0 Å². The molecule has 0 amide bonds. The Morgan fingerprint density at radius 3 is 2.52 bits per heavy atom. The molecule has 0 spiro atoms. The van der Waals surface area contributed by atoms with Crippen LogP contribution in [-0.4, -0.2) is 36.6 Å². The third kappa shape index (κ3) is 3.55. The van der Waals surface area contributed by atoms with Crippen molar-refractivity contribution in [2.75, 3.05) is 13.2 Å². The first-order valence-electron chi connectivity index (χ1n) is 6.60. The molecule has 0 radical (unpaired) electrons. The van der Waals surface area contributed by atoms with Gasteiger partial charge in [-0.2, -0.15) is 0 Å². The second kappa shape index (κ2) is 6.04. The molecule has 0 unspecified atom stereocenters. The number of pyridine rings is 1. The first-order valence-corrected chi connectivity index (χ1v) is 8.08. The minimum Gasteiger partial charge on any atom is -0.396 e. The maximum Gasteiger partial charge on any atom is 0.363 e. The number of hydrogen-bond acceptors (Lipinski definition) is 6. The first kappa shape index (κ1) is 15.8. The van der Waals surface area contributed by atoms with E-state index < -0.39 is 26.2 Å². The summed E-state index contributed by atoms with van der Waals surface area (Å²) in [5, 5.41) is 20.0. The van der Waals surface area contributed by atoms with Gasteiger partial charge in [0.05, 0.1) is 0 Å². The molecule has 1 aromatic rings. The van der Waals surface area contributed by atoms with E-state index in [1.54, 1.807) is 0 Å². The topological polar surface area (TPSA) is 122 Å². The molecule has 8 nitrogen and oxygen atoms in total. The molecule has 0 aromatic carbocycles. The lowest BCUT2D eigenvalue weighted by Gasteiger charge is -2.26. The van der Waals surface area contributed by atoms with E-state index in [1.165, 1.54) is 0 Å². The van der Waals surface area contributed by atoms with E-state index in [9.17, 15) is 23.6 Å². The molecule has 0 saturated heterocycles. The monoisotopic (exact) mass is 315 g/mol. The Balaban J connectivity index is 2.09. The van der Waals surface area contributed by atoms with Crippen LogP contribution in [0, 0.1) is 15.5 Å². The van der Waals surface area contributed by atoms with Crippen molar-refractivity contribution < 1.29 is 18.4 Å². The molecule has 0 bridgehead atoms.